The van der Waals surface area contributed by atoms with E-state index in [-0.39, 0.29) is 0 Å². The molecule has 2 aliphatic heterocycles. The van der Waals surface area contributed by atoms with Gasteiger partial charge in [0, 0.05) is 30.5 Å². The Kier molecular flexibility index (Phi) is 2.10. The number of hydrogen-bond donors (Lipinski definition) is 0. The number of fused-ring (bicyclic) bond motifs is 1. The minimum atomic E-state index is 0.831. The second kappa shape index (κ2) is 3.59. The van der Waals surface area contributed by atoms with Crippen LogP contribution in [0.3, 0.4) is 0 Å². The van der Waals surface area contributed by atoms with Gasteiger partial charge in [-0.3, -0.25) is 5.32 Å². The van der Waals surface area contributed by atoms with E-state index in [0.717, 1.165) is 32.0 Å². The molecule has 3 heteroatoms. The lowest BCUT2D eigenvalue weighted by Gasteiger charge is -2.29. The molecule has 0 atom stereocenters. The third-order valence-corrected chi connectivity index (χ3v) is 2.86. The van der Waals surface area contributed by atoms with Crippen LogP contribution in [0.25, 0.3) is 6.08 Å². The lowest BCUT2D eigenvalue weighted by Crippen LogP contribution is -2.36. The third-order valence-electron chi connectivity index (χ3n) is 2.86. The van der Waals surface area contributed by atoms with Crippen molar-refractivity contribution in [1.82, 2.24) is 5.32 Å². The Balaban J connectivity index is 1.88. The number of morpholine rings is 1. The van der Waals surface area contributed by atoms with E-state index in [4.69, 9.17) is 4.74 Å². The van der Waals surface area contributed by atoms with E-state index in [2.05, 4.69) is 34.5 Å². The van der Waals surface area contributed by atoms with Crippen molar-refractivity contribution in [3.63, 3.8) is 0 Å². The second-order valence-electron chi connectivity index (χ2n) is 3.79. The summed E-state index contributed by atoms with van der Waals surface area (Å²) in [6, 6.07) is 6.43. The summed E-state index contributed by atoms with van der Waals surface area (Å²) in [5.74, 6) is 0. The number of anilines is 1. The molecule has 1 aromatic carbocycles. The van der Waals surface area contributed by atoms with Gasteiger partial charge < -0.3 is 9.64 Å². The first kappa shape index (κ1) is 8.80. The van der Waals surface area contributed by atoms with Crippen molar-refractivity contribution in [3.05, 3.63) is 30.0 Å². The van der Waals surface area contributed by atoms with Crippen molar-refractivity contribution in [1.29, 1.82) is 0 Å². The standard InChI is InChI=1S/C12H13N2O/c1-2-12-10(3-4-13-12)9-11(1)14-5-7-15-8-6-14/h1-4,9H,5-8H2. The van der Waals surface area contributed by atoms with Gasteiger partial charge in [0.2, 0.25) is 0 Å². The fraction of sp³-hybridized carbons (Fsp3) is 0.333. The highest BCUT2D eigenvalue weighted by molar-refractivity contribution is 5.73. The van der Waals surface area contributed by atoms with E-state index in [0.29, 0.717) is 0 Å². The summed E-state index contributed by atoms with van der Waals surface area (Å²) in [4.78, 5) is 2.36. The maximum Gasteiger partial charge on any atom is 0.0704 e. The van der Waals surface area contributed by atoms with Crippen LogP contribution < -0.4 is 10.2 Å². The quantitative estimate of drug-likeness (QED) is 0.692. The fourth-order valence-corrected chi connectivity index (χ4v) is 2.01. The Bertz CT molecular complexity index is 395. The molecule has 15 heavy (non-hydrogen) atoms. The molecule has 3 nitrogen and oxygen atoms in total. The molecule has 1 radical (unpaired) electrons. The van der Waals surface area contributed by atoms with E-state index in [9.17, 15) is 0 Å². The Morgan fingerprint density at radius 1 is 1.20 bits per heavy atom. The SMILES string of the molecule is C1=Cc2cc(N3CCOCC3)ccc2[N]1. The van der Waals surface area contributed by atoms with Gasteiger partial charge in [0.15, 0.2) is 0 Å². The normalized spacial score (nSPS) is 18.8. The van der Waals surface area contributed by atoms with Crippen LogP contribution in [-0.4, -0.2) is 26.3 Å². The second-order valence-corrected chi connectivity index (χ2v) is 3.79. The first-order valence-corrected chi connectivity index (χ1v) is 5.28. The summed E-state index contributed by atoms with van der Waals surface area (Å²) in [5.41, 5.74) is 3.57. The monoisotopic (exact) mass is 201 g/mol. The first-order chi connectivity index (χ1) is 7.43. The maximum absolute atomic E-state index is 5.34. The molecule has 2 heterocycles. The summed E-state index contributed by atoms with van der Waals surface area (Å²) >= 11 is 0. The number of benzene rings is 1. The molecule has 2 aliphatic rings. The summed E-state index contributed by atoms with van der Waals surface area (Å²) in [6.07, 6.45) is 3.91. The summed E-state index contributed by atoms with van der Waals surface area (Å²) < 4.78 is 5.34. The molecular formula is C12H13N2O. The average Bonchev–Trinajstić information content (AvgIpc) is 2.77. The van der Waals surface area contributed by atoms with Gasteiger partial charge in [-0.25, -0.2) is 0 Å². The van der Waals surface area contributed by atoms with Gasteiger partial charge in [0.1, 0.15) is 0 Å². The minimum Gasteiger partial charge on any atom is -0.378 e. The Hall–Kier alpha value is -1.48. The van der Waals surface area contributed by atoms with Crippen molar-refractivity contribution in [2.75, 3.05) is 31.2 Å². The lowest BCUT2D eigenvalue weighted by atomic mass is 10.1. The van der Waals surface area contributed by atoms with Gasteiger partial charge >= 0.3 is 0 Å². The molecule has 0 spiro atoms. The van der Waals surface area contributed by atoms with Gasteiger partial charge in [-0.1, -0.05) is 0 Å². The number of ether oxygens (including phenoxy) is 1. The Morgan fingerprint density at radius 2 is 2.07 bits per heavy atom. The number of hydrogen-bond acceptors (Lipinski definition) is 2. The summed E-state index contributed by atoms with van der Waals surface area (Å²) in [7, 11) is 0. The zero-order valence-corrected chi connectivity index (χ0v) is 8.52. The zero-order valence-electron chi connectivity index (χ0n) is 8.52. The van der Waals surface area contributed by atoms with Crippen molar-refractivity contribution in [3.8, 4) is 0 Å². The van der Waals surface area contributed by atoms with Crippen molar-refractivity contribution in [2.24, 2.45) is 0 Å². The van der Waals surface area contributed by atoms with E-state index in [1.165, 1.54) is 11.3 Å². The predicted molar refractivity (Wildman–Crippen MR) is 60.3 cm³/mol. The van der Waals surface area contributed by atoms with Crippen molar-refractivity contribution in [2.45, 2.75) is 0 Å². The molecule has 0 unspecified atom stereocenters. The highest BCUT2D eigenvalue weighted by atomic mass is 16.5. The molecule has 0 aliphatic carbocycles. The van der Waals surface area contributed by atoms with Crippen LogP contribution in [0.2, 0.25) is 0 Å². The molecule has 1 fully saturated rings. The number of rotatable bonds is 1. The van der Waals surface area contributed by atoms with Crippen molar-refractivity contribution >= 4 is 17.5 Å². The lowest BCUT2D eigenvalue weighted by molar-refractivity contribution is 0.122. The predicted octanol–water partition coefficient (Wildman–Crippen LogP) is 1.74. The Labute approximate surface area is 89.3 Å². The van der Waals surface area contributed by atoms with Crippen LogP contribution >= 0.6 is 0 Å². The molecule has 1 saturated heterocycles. The van der Waals surface area contributed by atoms with Crippen LogP contribution in [0.15, 0.2) is 24.4 Å². The molecule has 0 amide bonds. The van der Waals surface area contributed by atoms with Gasteiger partial charge in [0.05, 0.1) is 18.9 Å². The minimum absolute atomic E-state index is 0.831. The average molecular weight is 201 g/mol. The van der Waals surface area contributed by atoms with Crippen LogP contribution in [0, 0.1) is 0 Å². The molecular weight excluding hydrogens is 188 g/mol. The highest BCUT2D eigenvalue weighted by Crippen LogP contribution is 2.28. The largest absolute Gasteiger partial charge is 0.378 e. The molecule has 0 saturated carbocycles. The van der Waals surface area contributed by atoms with Crippen LogP contribution in [0.4, 0.5) is 11.4 Å². The van der Waals surface area contributed by atoms with E-state index >= 15 is 0 Å². The molecule has 1 aromatic rings. The van der Waals surface area contributed by atoms with E-state index in [1.54, 1.807) is 0 Å². The van der Waals surface area contributed by atoms with Gasteiger partial charge in [-0.05, 0) is 24.3 Å². The van der Waals surface area contributed by atoms with Crippen LogP contribution in [-0.2, 0) is 4.74 Å². The molecule has 0 N–H and O–H groups in total. The maximum atomic E-state index is 5.34. The molecule has 0 bridgehead atoms. The molecule has 77 valence electrons. The van der Waals surface area contributed by atoms with Gasteiger partial charge in [0.25, 0.3) is 0 Å². The molecule has 3 rings (SSSR count). The molecule has 0 aromatic heterocycles. The number of nitrogens with zero attached hydrogens (tertiary/aromatic N) is 2. The van der Waals surface area contributed by atoms with Crippen molar-refractivity contribution < 1.29 is 4.74 Å². The highest BCUT2D eigenvalue weighted by Gasteiger charge is 2.13. The summed E-state index contributed by atoms with van der Waals surface area (Å²) in [5, 5.41) is 4.26. The fourth-order valence-electron chi connectivity index (χ4n) is 2.01. The van der Waals surface area contributed by atoms with E-state index < -0.39 is 0 Å². The van der Waals surface area contributed by atoms with Crippen LogP contribution in [0.5, 0.6) is 0 Å². The Morgan fingerprint density at radius 3 is 2.93 bits per heavy atom. The zero-order chi connectivity index (χ0) is 10.1. The van der Waals surface area contributed by atoms with Gasteiger partial charge in [-0.2, -0.15) is 0 Å². The topological polar surface area (TPSA) is 26.6 Å². The van der Waals surface area contributed by atoms with Crippen LogP contribution in [0.1, 0.15) is 5.56 Å². The van der Waals surface area contributed by atoms with Gasteiger partial charge in [-0.15, -0.1) is 0 Å². The third kappa shape index (κ3) is 1.59. The first-order valence-electron chi connectivity index (χ1n) is 5.28. The smallest absolute Gasteiger partial charge is 0.0704 e. The van der Waals surface area contributed by atoms with E-state index in [1.807, 2.05) is 6.20 Å². The summed E-state index contributed by atoms with van der Waals surface area (Å²) in [6.45, 7) is 3.63.